The Balaban J connectivity index is 3.20. The van der Waals surface area contributed by atoms with Crippen molar-refractivity contribution in [2.24, 2.45) is 0 Å². The van der Waals surface area contributed by atoms with Gasteiger partial charge in [0.2, 0.25) is 0 Å². The Labute approximate surface area is 51.6 Å². The molecule has 0 aliphatic heterocycles. The Morgan fingerprint density at radius 1 is 1.56 bits per heavy atom. The highest BCUT2D eigenvalue weighted by atomic mass is 32.3. The molecule has 50 valence electrons. The van der Waals surface area contributed by atoms with Gasteiger partial charge in [0.1, 0.15) is 6.20 Å². The van der Waals surface area contributed by atoms with E-state index in [2.05, 4.69) is 5.16 Å². The summed E-state index contributed by atoms with van der Waals surface area (Å²) in [7, 11) is -4.24. The molecular formula is C3H4NO4S+. The van der Waals surface area contributed by atoms with Crippen LogP contribution in [0.3, 0.4) is 0 Å². The molecule has 0 radical (unpaired) electrons. The van der Waals surface area contributed by atoms with Crippen LogP contribution in [0.1, 0.15) is 0 Å². The first-order valence-electron chi connectivity index (χ1n) is 2.03. The van der Waals surface area contributed by atoms with Gasteiger partial charge in [0.15, 0.2) is 0 Å². The standard InChI is InChI=1S/C3H3NO4S/c5-9(6,7)8-3-1-2-4-8/h1-3H/p+1. The fourth-order valence-corrected chi connectivity index (χ4v) is 0.720. The molecule has 0 saturated heterocycles. The lowest BCUT2D eigenvalue weighted by atomic mass is 10.8. The van der Waals surface area contributed by atoms with Gasteiger partial charge in [0.25, 0.3) is 6.26 Å². The van der Waals surface area contributed by atoms with Gasteiger partial charge >= 0.3 is 10.4 Å². The molecule has 0 amide bonds. The molecule has 5 nitrogen and oxygen atoms in total. The van der Waals surface area contributed by atoms with Crippen LogP contribution in [0.5, 0.6) is 0 Å². The van der Waals surface area contributed by atoms with Crippen LogP contribution in [-0.4, -0.2) is 18.1 Å². The van der Waals surface area contributed by atoms with Crippen LogP contribution in [0.15, 0.2) is 22.1 Å². The minimum absolute atomic E-state index is 1.05. The van der Waals surface area contributed by atoms with E-state index in [1.165, 1.54) is 15.9 Å². The average Bonchev–Trinajstić information content (AvgIpc) is 2.08. The van der Waals surface area contributed by atoms with Gasteiger partial charge in [-0.25, -0.2) is 4.55 Å². The first-order valence-corrected chi connectivity index (χ1v) is 3.39. The summed E-state index contributed by atoms with van der Waals surface area (Å²) in [6, 6.07) is 1.36. The van der Waals surface area contributed by atoms with Crippen molar-refractivity contribution in [1.29, 1.82) is 0 Å². The van der Waals surface area contributed by atoms with Crippen LogP contribution >= 0.6 is 0 Å². The minimum atomic E-state index is -4.24. The number of nitrogens with zero attached hydrogens (tertiary/aromatic N) is 1. The largest absolute Gasteiger partial charge is 0.605 e. The third kappa shape index (κ3) is 1.27. The van der Waals surface area contributed by atoms with Crippen molar-refractivity contribution in [3.8, 4) is 0 Å². The highest BCUT2D eigenvalue weighted by molar-refractivity contribution is 7.81. The van der Waals surface area contributed by atoms with Gasteiger partial charge in [-0.1, -0.05) is 0 Å². The van der Waals surface area contributed by atoms with Crippen LogP contribution < -0.4 is 0 Å². The third-order valence-corrected chi connectivity index (χ3v) is 1.29. The molecule has 0 aliphatic rings. The van der Waals surface area contributed by atoms with E-state index in [0.29, 0.717) is 0 Å². The van der Waals surface area contributed by atoms with Gasteiger partial charge in [0.05, 0.1) is 11.2 Å². The van der Waals surface area contributed by atoms with Crippen molar-refractivity contribution in [2.45, 2.75) is 0 Å². The van der Waals surface area contributed by atoms with Crippen LogP contribution in [0.25, 0.3) is 0 Å². The van der Waals surface area contributed by atoms with E-state index in [0.717, 1.165) is 6.26 Å². The third-order valence-electron chi connectivity index (χ3n) is 0.662. The topological polar surface area (TPSA) is 70.0 Å². The minimum Gasteiger partial charge on any atom is -0.288 e. The van der Waals surface area contributed by atoms with Gasteiger partial charge in [-0.05, 0) is 0 Å². The van der Waals surface area contributed by atoms with Crippen molar-refractivity contribution >= 4 is 10.4 Å². The lowest BCUT2D eigenvalue weighted by molar-refractivity contribution is 0.218. The van der Waals surface area contributed by atoms with Gasteiger partial charge in [-0.15, -0.1) is 8.42 Å². The van der Waals surface area contributed by atoms with E-state index < -0.39 is 10.4 Å². The number of rotatable bonds is 1. The molecule has 0 atom stereocenters. The highest BCUT2D eigenvalue weighted by Crippen LogP contribution is 2.00. The Bertz CT molecular complexity index is 273. The highest BCUT2D eigenvalue weighted by Gasteiger charge is 2.15. The quantitative estimate of drug-likeness (QED) is 0.452. The zero-order valence-electron chi connectivity index (χ0n) is 4.26. The lowest BCUT2D eigenvalue weighted by Crippen LogP contribution is -1.97. The monoisotopic (exact) mass is 150 g/mol. The molecule has 0 unspecified atom stereocenters. The van der Waals surface area contributed by atoms with E-state index in [9.17, 15) is 8.42 Å². The first-order chi connectivity index (χ1) is 4.11. The smallest absolute Gasteiger partial charge is 0.288 e. The van der Waals surface area contributed by atoms with Crippen molar-refractivity contribution < 1.29 is 16.6 Å². The second-order valence-corrected chi connectivity index (χ2v) is 2.48. The molecule has 0 aliphatic carbocycles. The molecule has 9 heavy (non-hydrogen) atoms. The number of hydrogen-bond donors (Lipinski definition) is 1. The zero-order valence-corrected chi connectivity index (χ0v) is 5.08. The molecule has 0 fully saturated rings. The summed E-state index contributed by atoms with van der Waals surface area (Å²) in [4.78, 5) is 0. The normalized spacial score (nSPS) is 11.7. The molecule has 1 aromatic rings. The summed E-state index contributed by atoms with van der Waals surface area (Å²) in [5, 5.41) is 3.18. The first kappa shape index (κ1) is 6.24. The van der Waals surface area contributed by atoms with E-state index in [1.54, 1.807) is 0 Å². The van der Waals surface area contributed by atoms with E-state index >= 15 is 0 Å². The van der Waals surface area contributed by atoms with E-state index in [-0.39, 0.29) is 0 Å². The zero-order chi connectivity index (χ0) is 6.91. The predicted molar refractivity (Wildman–Crippen MR) is 28.1 cm³/mol. The molecule has 0 aromatic carbocycles. The van der Waals surface area contributed by atoms with Crippen molar-refractivity contribution in [3.63, 3.8) is 0 Å². The molecule has 1 rings (SSSR count). The summed E-state index contributed by atoms with van der Waals surface area (Å²) in [5.74, 6) is 0. The van der Waals surface area contributed by atoms with Gasteiger partial charge in [-0.2, -0.15) is 0 Å². The Morgan fingerprint density at radius 2 is 2.22 bits per heavy atom. The Morgan fingerprint density at radius 3 is 2.44 bits per heavy atom. The maximum absolute atomic E-state index is 10.1. The number of hydrogen-bond acceptors (Lipinski definition) is 3. The van der Waals surface area contributed by atoms with Crippen molar-refractivity contribution in [2.75, 3.05) is 0 Å². The van der Waals surface area contributed by atoms with Crippen molar-refractivity contribution in [3.05, 3.63) is 18.5 Å². The second kappa shape index (κ2) is 1.82. The van der Waals surface area contributed by atoms with Crippen LogP contribution in [0.4, 0.5) is 0 Å². The van der Waals surface area contributed by atoms with Gasteiger partial charge in [-0.3, -0.25) is 3.60 Å². The summed E-state index contributed by atoms with van der Waals surface area (Å²) in [6.07, 6.45) is 2.27. The summed E-state index contributed by atoms with van der Waals surface area (Å²) in [5.41, 5.74) is 0. The molecule has 1 N–H and O–H groups in total. The average molecular weight is 150 g/mol. The Kier molecular flexibility index (Phi) is 1.26. The molecule has 6 heteroatoms. The fourth-order valence-electron chi connectivity index (χ4n) is 0.357. The van der Waals surface area contributed by atoms with Crippen molar-refractivity contribution in [1.82, 2.24) is 5.16 Å². The molecule has 1 heterocycles. The SMILES string of the molecule is O=S(=O)(O)[o+]1cccn1. The van der Waals surface area contributed by atoms with Crippen LogP contribution in [0, 0.1) is 0 Å². The van der Waals surface area contributed by atoms with E-state index in [1.807, 2.05) is 0 Å². The lowest BCUT2D eigenvalue weighted by Gasteiger charge is -1.84. The summed E-state index contributed by atoms with van der Waals surface area (Å²) < 4.78 is 29.7. The number of aromatic nitrogens is 1. The molecule has 0 spiro atoms. The van der Waals surface area contributed by atoms with Gasteiger partial charge < -0.3 is 0 Å². The Hall–Kier alpha value is -0.880. The van der Waals surface area contributed by atoms with Crippen LogP contribution in [0.2, 0.25) is 0 Å². The molecule has 0 saturated carbocycles. The second-order valence-electron chi connectivity index (χ2n) is 1.29. The summed E-state index contributed by atoms with van der Waals surface area (Å²) in [6.45, 7) is 0. The molecular weight excluding hydrogens is 146 g/mol. The van der Waals surface area contributed by atoms with Gasteiger partial charge in [0, 0.05) is 0 Å². The summed E-state index contributed by atoms with van der Waals surface area (Å²) >= 11 is 0. The van der Waals surface area contributed by atoms with Crippen LogP contribution in [-0.2, 0) is 10.4 Å². The fraction of sp³-hybridized carbons (Fsp3) is 0. The predicted octanol–water partition coefficient (Wildman–Crippen LogP) is 0.0131. The molecule has 1 aromatic heterocycles. The van der Waals surface area contributed by atoms with E-state index in [4.69, 9.17) is 4.55 Å². The molecule has 0 bridgehead atoms. The maximum Gasteiger partial charge on any atom is 0.605 e. The maximum atomic E-state index is 10.1.